The molecule has 1 aromatic heterocycles. The van der Waals surface area contributed by atoms with E-state index in [-0.39, 0.29) is 6.54 Å². The Morgan fingerprint density at radius 2 is 1.95 bits per heavy atom. The number of nitrogens with one attached hydrogen (secondary N) is 1. The zero-order chi connectivity index (χ0) is 13.9. The van der Waals surface area contributed by atoms with E-state index in [9.17, 15) is 18.0 Å². The van der Waals surface area contributed by atoms with Crippen LogP contribution in [0.4, 0.5) is 13.2 Å². The summed E-state index contributed by atoms with van der Waals surface area (Å²) in [6.07, 6.45) is -2.31. The fourth-order valence-electron chi connectivity index (χ4n) is 1.45. The smallest absolute Gasteiger partial charge is 0.353 e. The summed E-state index contributed by atoms with van der Waals surface area (Å²) < 4.78 is 38.5. The lowest BCUT2D eigenvalue weighted by atomic mass is 10.2. The first-order valence-electron chi connectivity index (χ1n) is 5.26. The van der Waals surface area contributed by atoms with Crippen molar-refractivity contribution >= 4 is 6.41 Å². The largest absolute Gasteiger partial charge is 0.416 e. The zero-order valence-corrected chi connectivity index (χ0v) is 9.55. The summed E-state index contributed by atoms with van der Waals surface area (Å²) in [5, 5.41) is 9.94. The monoisotopic (exact) mass is 270 g/mol. The fraction of sp³-hybridized carbons (Fsp3) is 0.182. The van der Waals surface area contributed by atoms with Gasteiger partial charge in [0.2, 0.25) is 6.41 Å². The lowest BCUT2D eigenvalue weighted by molar-refractivity contribution is -0.137. The molecular weight excluding hydrogens is 261 g/mol. The first-order valence-corrected chi connectivity index (χ1v) is 5.26. The van der Waals surface area contributed by atoms with Crippen molar-refractivity contribution in [3.05, 3.63) is 41.7 Å². The molecule has 0 atom stereocenters. The van der Waals surface area contributed by atoms with E-state index in [0.717, 1.165) is 12.1 Å². The predicted molar refractivity (Wildman–Crippen MR) is 59.3 cm³/mol. The molecular formula is C11H9F3N4O. The number of hydrogen-bond donors (Lipinski definition) is 1. The Morgan fingerprint density at radius 1 is 1.26 bits per heavy atom. The number of aromatic nitrogens is 3. The molecule has 1 heterocycles. The van der Waals surface area contributed by atoms with Gasteiger partial charge in [0.25, 0.3) is 0 Å². The van der Waals surface area contributed by atoms with E-state index < -0.39 is 11.7 Å². The molecule has 0 unspecified atom stereocenters. The van der Waals surface area contributed by atoms with E-state index >= 15 is 0 Å². The Morgan fingerprint density at radius 3 is 2.53 bits per heavy atom. The van der Waals surface area contributed by atoms with E-state index in [4.69, 9.17) is 0 Å². The first kappa shape index (κ1) is 13.1. The van der Waals surface area contributed by atoms with Crippen LogP contribution in [-0.4, -0.2) is 21.4 Å². The second kappa shape index (κ2) is 5.09. The molecule has 5 nitrogen and oxygen atoms in total. The molecule has 0 aliphatic rings. The van der Waals surface area contributed by atoms with Crippen molar-refractivity contribution in [3.8, 4) is 5.69 Å². The van der Waals surface area contributed by atoms with E-state index in [2.05, 4.69) is 15.6 Å². The first-order chi connectivity index (χ1) is 9.00. The topological polar surface area (TPSA) is 59.8 Å². The van der Waals surface area contributed by atoms with Crippen LogP contribution in [0.25, 0.3) is 5.69 Å². The summed E-state index contributed by atoms with van der Waals surface area (Å²) in [7, 11) is 0. The number of hydrogen-bond acceptors (Lipinski definition) is 3. The van der Waals surface area contributed by atoms with Crippen molar-refractivity contribution in [2.24, 2.45) is 0 Å². The van der Waals surface area contributed by atoms with Gasteiger partial charge < -0.3 is 5.32 Å². The van der Waals surface area contributed by atoms with Crippen LogP contribution in [0.1, 0.15) is 11.3 Å². The highest BCUT2D eigenvalue weighted by atomic mass is 19.4. The van der Waals surface area contributed by atoms with Gasteiger partial charge in [-0.2, -0.15) is 13.2 Å². The minimum absolute atomic E-state index is 0.212. The number of amides is 1. The molecule has 0 bridgehead atoms. The summed E-state index contributed by atoms with van der Waals surface area (Å²) in [6.45, 7) is 0.212. The lowest BCUT2D eigenvalue weighted by Gasteiger charge is -2.07. The molecule has 8 heteroatoms. The number of rotatable bonds is 4. The molecule has 0 aliphatic heterocycles. The van der Waals surface area contributed by atoms with Crippen LogP contribution in [0.5, 0.6) is 0 Å². The molecule has 2 rings (SSSR count). The van der Waals surface area contributed by atoms with E-state index in [1.807, 2.05) is 0 Å². The highest BCUT2D eigenvalue weighted by molar-refractivity contribution is 5.45. The number of halogens is 3. The van der Waals surface area contributed by atoms with Gasteiger partial charge in [-0.05, 0) is 24.3 Å². The number of carbonyl (C=O) groups excluding carboxylic acids is 1. The summed E-state index contributed by atoms with van der Waals surface area (Å²) in [5.41, 5.74) is 0.240. The Labute approximate surface area is 106 Å². The highest BCUT2D eigenvalue weighted by Gasteiger charge is 2.30. The second-order valence-electron chi connectivity index (χ2n) is 3.70. The van der Waals surface area contributed by atoms with E-state index in [0.29, 0.717) is 17.8 Å². The average Bonchev–Trinajstić information content (AvgIpc) is 2.84. The van der Waals surface area contributed by atoms with Crippen molar-refractivity contribution < 1.29 is 18.0 Å². The van der Waals surface area contributed by atoms with Gasteiger partial charge in [-0.3, -0.25) is 4.79 Å². The molecule has 0 fully saturated rings. The summed E-state index contributed by atoms with van der Waals surface area (Å²) in [6, 6.07) is 4.55. The van der Waals surface area contributed by atoms with Crippen molar-refractivity contribution in [1.29, 1.82) is 0 Å². The van der Waals surface area contributed by atoms with Crippen molar-refractivity contribution in [3.63, 3.8) is 0 Å². The normalized spacial score (nSPS) is 11.3. The highest BCUT2D eigenvalue weighted by Crippen LogP contribution is 2.29. The maximum absolute atomic E-state index is 12.4. The minimum Gasteiger partial charge on any atom is -0.353 e. The minimum atomic E-state index is -4.36. The van der Waals surface area contributed by atoms with Crippen molar-refractivity contribution in [1.82, 2.24) is 20.3 Å². The third kappa shape index (κ3) is 3.09. The molecule has 1 aromatic carbocycles. The van der Waals surface area contributed by atoms with E-state index in [1.165, 1.54) is 23.0 Å². The standard InChI is InChI=1S/C11H9F3N4O/c12-11(13,14)8-1-3-10(4-2-8)18-6-9(16-17-18)5-15-7-19/h1-4,6-7H,5H2,(H,15,19). The number of carbonyl (C=O) groups is 1. The number of nitrogens with zero attached hydrogens (tertiary/aromatic N) is 3. The summed E-state index contributed by atoms with van der Waals surface area (Å²) in [5.74, 6) is 0. The van der Waals surface area contributed by atoms with Gasteiger partial charge in [-0.1, -0.05) is 5.21 Å². The van der Waals surface area contributed by atoms with Crippen LogP contribution < -0.4 is 5.32 Å². The van der Waals surface area contributed by atoms with Crippen molar-refractivity contribution in [2.75, 3.05) is 0 Å². The molecule has 0 spiro atoms. The number of benzene rings is 1. The molecule has 0 radical (unpaired) electrons. The van der Waals surface area contributed by atoms with Crippen LogP contribution in [0, 0.1) is 0 Å². The lowest BCUT2D eigenvalue weighted by Crippen LogP contribution is -2.09. The van der Waals surface area contributed by atoms with Gasteiger partial charge in [0.1, 0.15) is 5.69 Å². The molecule has 0 aliphatic carbocycles. The Kier molecular flexibility index (Phi) is 3.50. The second-order valence-corrected chi connectivity index (χ2v) is 3.70. The third-order valence-corrected chi connectivity index (χ3v) is 2.37. The average molecular weight is 270 g/mol. The van der Waals surface area contributed by atoms with Crippen LogP contribution in [0.2, 0.25) is 0 Å². The number of alkyl halides is 3. The van der Waals surface area contributed by atoms with Crippen LogP contribution in [-0.2, 0) is 17.5 Å². The summed E-state index contributed by atoms with van der Waals surface area (Å²) in [4.78, 5) is 10.1. The van der Waals surface area contributed by atoms with Gasteiger partial charge in [0.15, 0.2) is 0 Å². The molecule has 100 valence electrons. The fourth-order valence-corrected chi connectivity index (χ4v) is 1.45. The maximum atomic E-state index is 12.4. The third-order valence-electron chi connectivity index (χ3n) is 2.37. The van der Waals surface area contributed by atoms with Gasteiger partial charge >= 0.3 is 6.18 Å². The predicted octanol–water partition coefficient (Wildman–Crippen LogP) is 1.53. The maximum Gasteiger partial charge on any atom is 0.416 e. The SMILES string of the molecule is O=CNCc1cn(-c2ccc(C(F)(F)F)cc2)nn1. The van der Waals surface area contributed by atoms with Crippen LogP contribution in [0.15, 0.2) is 30.5 Å². The molecule has 19 heavy (non-hydrogen) atoms. The van der Waals surface area contributed by atoms with Gasteiger partial charge in [-0.25, -0.2) is 4.68 Å². The molecule has 0 saturated carbocycles. The van der Waals surface area contributed by atoms with Crippen LogP contribution in [0.3, 0.4) is 0 Å². The van der Waals surface area contributed by atoms with E-state index in [1.54, 1.807) is 0 Å². The molecule has 2 aromatic rings. The Hall–Kier alpha value is -2.38. The van der Waals surface area contributed by atoms with Gasteiger partial charge in [-0.15, -0.1) is 5.10 Å². The Balaban J connectivity index is 2.18. The molecule has 1 N–H and O–H groups in total. The van der Waals surface area contributed by atoms with Crippen LogP contribution >= 0.6 is 0 Å². The molecule has 1 amide bonds. The van der Waals surface area contributed by atoms with Crippen molar-refractivity contribution in [2.45, 2.75) is 12.7 Å². The zero-order valence-electron chi connectivity index (χ0n) is 9.55. The Bertz CT molecular complexity index is 562. The molecule has 0 saturated heterocycles. The quantitative estimate of drug-likeness (QED) is 0.857. The summed E-state index contributed by atoms with van der Waals surface area (Å²) >= 11 is 0. The van der Waals surface area contributed by atoms with Gasteiger partial charge in [0.05, 0.1) is 24.0 Å². The van der Waals surface area contributed by atoms with Gasteiger partial charge in [0, 0.05) is 0 Å².